The van der Waals surface area contributed by atoms with Gasteiger partial charge in [0.05, 0.1) is 6.54 Å². The summed E-state index contributed by atoms with van der Waals surface area (Å²) in [6, 6.07) is 6.52. The number of hydrogen-bond acceptors (Lipinski definition) is 6. The number of fused-ring (bicyclic) bond motifs is 1. The summed E-state index contributed by atoms with van der Waals surface area (Å²) in [5.74, 6) is 1.45. The molecule has 11 heteroatoms. The molecular weight excluding hydrogens is 424 g/mol. The lowest BCUT2D eigenvalue weighted by Gasteiger charge is -2.13. The van der Waals surface area contributed by atoms with Crippen LogP contribution in [-0.4, -0.2) is 43.3 Å². The van der Waals surface area contributed by atoms with Gasteiger partial charge in [-0.2, -0.15) is 8.78 Å². The van der Waals surface area contributed by atoms with Crippen molar-refractivity contribution in [1.29, 1.82) is 0 Å². The quantitative estimate of drug-likeness (QED) is 0.399. The summed E-state index contributed by atoms with van der Waals surface area (Å²) in [7, 11) is 0. The fraction of sp³-hybridized carbons (Fsp3) is 0.381. The van der Waals surface area contributed by atoms with Crippen molar-refractivity contribution in [1.82, 2.24) is 15.6 Å². The van der Waals surface area contributed by atoms with Crippen molar-refractivity contribution in [3.63, 3.8) is 0 Å². The molecule has 2 heterocycles. The number of ether oxygens (including phenoxy) is 3. The number of nitrogens with one attached hydrogen (secondary N) is 3. The zero-order valence-corrected chi connectivity index (χ0v) is 17.8. The highest BCUT2D eigenvalue weighted by Gasteiger charge is 2.20. The predicted octanol–water partition coefficient (Wildman–Crippen LogP) is 2.80. The zero-order valence-electron chi connectivity index (χ0n) is 17.8. The van der Waals surface area contributed by atoms with Gasteiger partial charge >= 0.3 is 6.61 Å². The number of aliphatic imine (C=N–C) groups is 1. The number of halogens is 2. The number of carbonyl (C=O) groups excluding carboxylic acids is 1. The van der Waals surface area contributed by atoms with E-state index < -0.39 is 6.61 Å². The standard InChI is InChI=1S/C21H25F2N5O4/c1-3-24-21(25-7-6-19(29)28-18-5-4-13(2)10-26-18)27-11-14-8-16-17(31-12-30-16)9-15(14)32-20(22)23/h4-5,8-10,20H,3,6-7,11-12H2,1-2H3,(H2,24,25,27)(H,26,28,29). The topological polar surface area (TPSA) is 106 Å². The summed E-state index contributed by atoms with van der Waals surface area (Å²) in [5.41, 5.74) is 1.41. The van der Waals surface area contributed by atoms with Crippen LogP contribution in [0.5, 0.6) is 17.2 Å². The molecule has 0 atom stereocenters. The molecule has 3 rings (SSSR count). The number of pyridine rings is 1. The second-order valence-corrected chi connectivity index (χ2v) is 6.83. The van der Waals surface area contributed by atoms with E-state index in [9.17, 15) is 13.6 Å². The van der Waals surface area contributed by atoms with Gasteiger partial charge in [-0.3, -0.25) is 4.79 Å². The van der Waals surface area contributed by atoms with E-state index in [-0.39, 0.29) is 31.4 Å². The Kier molecular flexibility index (Phi) is 8.01. The van der Waals surface area contributed by atoms with Crippen LogP contribution < -0.4 is 30.2 Å². The van der Waals surface area contributed by atoms with Gasteiger partial charge in [-0.25, -0.2) is 9.98 Å². The van der Waals surface area contributed by atoms with Crippen molar-refractivity contribution in [2.75, 3.05) is 25.2 Å². The van der Waals surface area contributed by atoms with Crippen LogP contribution >= 0.6 is 0 Å². The van der Waals surface area contributed by atoms with E-state index in [1.54, 1.807) is 18.3 Å². The molecule has 1 aliphatic heterocycles. The second kappa shape index (κ2) is 11.1. The van der Waals surface area contributed by atoms with E-state index in [1.165, 1.54) is 6.07 Å². The molecule has 0 radical (unpaired) electrons. The highest BCUT2D eigenvalue weighted by Crippen LogP contribution is 2.39. The van der Waals surface area contributed by atoms with Gasteiger partial charge in [0.25, 0.3) is 0 Å². The summed E-state index contributed by atoms with van der Waals surface area (Å²) < 4.78 is 40.7. The lowest BCUT2D eigenvalue weighted by molar-refractivity contribution is -0.116. The highest BCUT2D eigenvalue weighted by molar-refractivity contribution is 5.90. The van der Waals surface area contributed by atoms with Crippen LogP contribution in [0.25, 0.3) is 0 Å². The van der Waals surface area contributed by atoms with Gasteiger partial charge in [0.15, 0.2) is 17.5 Å². The van der Waals surface area contributed by atoms with Crippen LogP contribution in [0.2, 0.25) is 0 Å². The van der Waals surface area contributed by atoms with Crippen molar-refractivity contribution in [3.05, 3.63) is 41.6 Å². The summed E-state index contributed by atoms with van der Waals surface area (Å²) in [6.07, 6.45) is 1.86. The number of aryl methyl sites for hydroxylation is 1. The van der Waals surface area contributed by atoms with Gasteiger partial charge in [-0.05, 0) is 31.5 Å². The number of guanidine groups is 1. The Morgan fingerprint density at radius 2 is 2.03 bits per heavy atom. The second-order valence-electron chi connectivity index (χ2n) is 6.83. The fourth-order valence-electron chi connectivity index (χ4n) is 2.84. The molecule has 0 bridgehead atoms. The van der Waals surface area contributed by atoms with Crippen LogP contribution in [-0.2, 0) is 11.3 Å². The van der Waals surface area contributed by atoms with Gasteiger partial charge in [-0.1, -0.05) is 6.07 Å². The number of carbonyl (C=O) groups is 1. The number of hydrogen-bond donors (Lipinski definition) is 3. The number of nitrogens with zero attached hydrogens (tertiary/aromatic N) is 2. The Bertz CT molecular complexity index is 954. The Hall–Kier alpha value is -3.63. The van der Waals surface area contributed by atoms with Crippen LogP contribution in [0.15, 0.2) is 35.5 Å². The molecule has 172 valence electrons. The maximum atomic E-state index is 12.8. The van der Waals surface area contributed by atoms with Crippen molar-refractivity contribution in [2.24, 2.45) is 4.99 Å². The molecule has 0 unspecified atom stereocenters. The molecule has 0 spiro atoms. The molecular formula is C21H25F2N5O4. The summed E-state index contributed by atoms with van der Waals surface area (Å²) in [4.78, 5) is 20.6. The third-order valence-electron chi connectivity index (χ3n) is 4.35. The Morgan fingerprint density at radius 1 is 1.25 bits per heavy atom. The molecule has 0 saturated carbocycles. The maximum Gasteiger partial charge on any atom is 0.387 e. The molecule has 2 aromatic rings. The minimum atomic E-state index is -2.98. The lowest BCUT2D eigenvalue weighted by Crippen LogP contribution is -2.38. The largest absolute Gasteiger partial charge is 0.454 e. The van der Waals surface area contributed by atoms with E-state index in [2.05, 4.69) is 30.7 Å². The van der Waals surface area contributed by atoms with Crippen LogP contribution in [0.1, 0.15) is 24.5 Å². The molecule has 0 fully saturated rings. The fourth-order valence-corrected chi connectivity index (χ4v) is 2.84. The zero-order chi connectivity index (χ0) is 22.9. The van der Waals surface area contributed by atoms with Crippen molar-refractivity contribution in [2.45, 2.75) is 33.4 Å². The SMILES string of the molecule is CCNC(=NCc1cc2c(cc1OC(F)F)OCO2)NCCC(=O)Nc1ccc(C)cn1. The minimum absolute atomic E-state index is 0.0144. The lowest BCUT2D eigenvalue weighted by atomic mass is 10.1. The molecule has 1 amide bonds. The van der Waals surface area contributed by atoms with E-state index in [0.717, 1.165) is 5.56 Å². The van der Waals surface area contributed by atoms with Crippen molar-refractivity contribution in [3.8, 4) is 17.2 Å². The summed E-state index contributed by atoms with van der Waals surface area (Å²) >= 11 is 0. The van der Waals surface area contributed by atoms with Gasteiger partial charge in [0, 0.05) is 37.3 Å². The molecule has 1 aliphatic rings. The summed E-state index contributed by atoms with van der Waals surface area (Å²) in [6.45, 7) is 1.77. The van der Waals surface area contributed by atoms with Gasteiger partial charge in [0.1, 0.15) is 11.6 Å². The minimum Gasteiger partial charge on any atom is -0.454 e. The number of benzene rings is 1. The average Bonchev–Trinajstić information content (AvgIpc) is 3.20. The van der Waals surface area contributed by atoms with E-state index in [1.807, 2.05) is 19.9 Å². The first kappa shape index (κ1) is 23.0. The first-order valence-corrected chi connectivity index (χ1v) is 10.1. The molecule has 0 saturated heterocycles. The number of alkyl halides is 2. The molecule has 1 aromatic carbocycles. The molecule has 0 aliphatic carbocycles. The number of aromatic nitrogens is 1. The normalized spacial score (nSPS) is 12.6. The number of rotatable bonds is 9. The monoisotopic (exact) mass is 449 g/mol. The van der Waals surface area contributed by atoms with E-state index in [4.69, 9.17) is 9.47 Å². The summed E-state index contributed by atoms with van der Waals surface area (Å²) in [5, 5.41) is 8.81. The van der Waals surface area contributed by atoms with Crippen LogP contribution in [0, 0.1) is 6.92 Å². The Labute approximate surface area is 184 Å². The average molecular weight is 449 g/mol. The maximum absolute atomic E-state index is 12.8. The molecule has 32 heavy (non-hydrogen) atoms. The predicted molar refractivity (Wildman–Crippen MR) is 114 cm³/mol. The van der Waals surface area contributed by atoms with E-state index in [0.29, 0.717) is 41.9 Å². The first-order valence-electron chi connectivity index (χ1n) is 10.1. The van der Waals surface area contributed by atoms with Crippen LogP contribution in [0.4, 0.5) is 14.6 Å². The first-order chi connectivity index (χ1) is 15.4. The third kappa shape index (κ3) is 6.69. The van der Waals surface area contributed by atoms with Crippen LogP contribution in [0.3, 0.4) is 0 Å². The number of amides is 1. The highest BCUT2D eigenvalue weighted by atomic mass is 19.3. The molecule has 9 nitrogen and oxygen atoms in total. The van der Waals surface area contributed by atoms with Crippen molar-refractivity contribution < 1.29 is 27.8 Å². The molecule has 3 N–H and O–H groups in total. The van der Waals surface area contributed by atoms with Crippen molar-refractivity contribution >= 4 is 17.7 Å². The number of anilines is 1. The Balaban J connectivity index is 1.58. The third-order valence-corrected chi connectivity index (χ3v) is 4.35. The molecule has 1 aromatic heterocycles. The van der Waals surface area contributed by atoms with Gasteiger partial charge in [0.2, 0.25) is 12.7 Å². The van der Waals surface area contributed by atoms with Gasteiger partial charge in [-0.15, -0.1) is 0 Å². The van der Waals surface area contributed by atoms with Gasteiger partial charge < -0.3 is 30.2 Å². The smallest absolute Gasteiger partial charge is 0.387 e. The van der Waals surface area contributed by atoms with E-state index >= 15 is 0 Å². The Morgan fingerprint density at radius 3 is 2.72 bits per heavy atom.